The number of anilines is 2. The molecule has 5 rings (SSSR count). The van der Waals surface area contributed by atoms with E-state index in [1.165, 1.54) is 18.0 Å². The van der Waals surface area contributed by atoms with Gasteiger partial charge in [0.05, 0.1) is 30.7 Å². The lowest BCUT2D eigenvalue weighted by molar-refractivity contribution is -0.119. The first-order valence-corrected chi connectivity index (χ1v) is 13.1. The van der Waals surface area contributed by atoms with Crippen LogP contribution in [0.3, 0.4) is 0 Å². The van der Waals surface area contributed by atoms with Crippen molar-refractivity contribution in [2.24, 2.45) is 13.0 Å². The lowest BCUT2D eigenvalue weighted by Crippen LogP contribution is -2.31. The zero-order valence-electron chi connectivity index (χ0n) is 22.3. The standard InChI is InChI=1S/C27H26ClF2N7O4/c1-12-5-4-6-16(33-26(39)19-15(29)10-18-22(20(19)30)37(2)11-31-18)24-35-21(23(28)36-24)14-8-7-13(32-27(40)41-3)9-17(14)34-25(12)38/h7-12,16H,4-6H2,1-3H3,(H,32,40)(H,33,39)(H,34,38)(H,35,36)/t12?,16-/m0/s1. The Morgan fingerprint density at radius 2 is 2.00 bits per heavy atom. The molecule has 0 radical (unpaired) electrons. The van der Waals surface area contributed by atoms with Gasteiger partial charge >= 0.3 is 6.09 Å². The molecule has 3 amide bonds. The van der Waals surface area contributed by atoms with Gasteiger partial charge in [-0.25, -0.2) is 23.5 Å². The Hall–Kier alpha value is -4.52. The summed E-state index contributed by atoms with van der Waals surface area (Å²) in [6.45, 7) is 1.76. The Labute approximate surface area is 237 Å². The van der Waals surface area contributed by atoms with Gasteiger partial charge < -0.3 is 24.9 Å². The number of carbonyl (C=O) groups excluding carboxylic acids is 3. The molecule has 1 aliphatic rings. The van der Waals surface area contributed by atoms with Crippen LogP contribution in [0.2, 0.25) is 5.15 Å². The Morgan fingerprint density at radius 1 is 1.22 bits per heavy atom. The van der Waals surface area contributed by atoms with Crippen LogP contribution in [0.4, 0.5) is 25.0 Å². The van der Waals surface area contributed by atoms with Crippen LogP contribution in [-0.4, -0.2) is 44.5 Å². The summed E-state index contributed by atoms with van der Waals surface area (Å²) in [4.78, 5) is 49.5. The predicted molar refractivity (Wildman–Crippen MR) is 148 cm³/mol. The fourth-order valence-electron chi connectivity index (χ4n) is 4.78. The van der Waals surface area contributed by atoms with Gasteiger partial charge in [-0.3, -0.25) is 14.9 Å². The van der Waals surface area contributed by atoms with E-state index in [0.717, 1.165) is 6.07 Å². The second-order valence-corrected chi connectivity index (χ2v) is 10.2. The van der Waals surface area contributed by atoms with Crippen LogP contribution in [0.25, 0.3) is 22.3 Å². The lowest BCUT2D eigenvalue weighted by atomic mass is 9.99. The molecule has 2 bridgehead atoms. The van der Waals surface area contributed by atoms with Crippen LogP contribution in [0, 0.1) is 17.6 Å². The third kappa shape index (κ3) is 5.44. The second-order valence-electron chi connectivity index (χ2n) is 9.78. The molecule has 0 spiro atoms. The number of amides is 3. The number of aromatic amines is 1. The zero-order valence-corrected chi connectivity index (χ0v) is 23.0. The average Bonchev–Trinajstić information content (AvgIpc) is 3.49. The van der Waals surface area contributed by atoms with Gasteiger partial charge in [0.2, 0.25) is 5.91 Å². The van der Waals surface area contributed by atoms with E-state index >= 15 is 4.39 Å². The summed E-state index contributed by atoms with van der Waals surface area (Å²) >= 11 is 6.53. The monoisotopic (exact) mass is 585 g/mol. The van der Waals surface area contributed by atoms with E-state index in [4.69, 9.17) is 11.6 Å². The highest BCUT2D eigenvalue weighted by atomic mass is 35.5. The minimum Gasteiger partial charge on any atom is -0.453 e. The van der Waals surface area contributed by atoms with E-state index in [2.05, 4.69) is 35.6 Å². The second kappa shape index (κ2) is 11.2. The Kier molecular flexibility index (Phi) is 7.63. The first-order valence-electron chi connectivity index (χ1n) is 12.7. The zero-order chi connectivity index (χ0) is 29.4. The van der Waals surface area contributed by atoms with Crippen molar-refractivity contribution in [3.05, 3.63) is 58.8 Å². The number of hydrogen-bond acceptors (Lipinski definition) is 6. The average molecular weight is 586 g/mol. The molecule has 2 atom stereocenters. The minimum atomic E-state index is -1.05. The van der Waals surface area contributed by atoms with Gasteiger partial charge in [0.25, 0.3) is 5.91 Å². The topological polar surface area (TPSA) is 143 Å². The molecular weight excluding hydrogens is 560 g/mol. The highest BCUT2D eigenvalue weighted by molar-refractivity contribution is 6.32. The molecule has 0 fully saturated rings. The van der Waals surface area contributed by atoms with Crippen molar-refractivity contribution in [1.29, 1.82) is 0 Å². The van der Waals surface area contributed by atoms with Gasteiger partial charge in [-0.05, 0) is 31.0 Å². The number of carbonyl (C=O) groups is 3. The first kappa shape index (κ1) is 28.0. The summed E-state index contributed by atoms with van der Waals surface area (Å²) in [6, 6.07) is 4.95. The van der Waals surface area contributed by atoms with Crippen molar-refractivity contribution < 1.29 is 27.9 Å². The number of H-pyrrole nitrogens is 1. The van der Waals surface area contributed by atoms with Crippen molar-refractivity contribution in [3.63, 3.8) is 0 Å². The molecule has 0 saturated heterocycles. The summed E-state index contributed by atoms with van der Waals surface area (Å²) < 4.78 is 36.2. The molecule has 214 valence electrons. The third-order valence-electron chi connectivity index (χ3n) is 6.98. The highest BCUT2D eigenvalue weighted by Gasteiger charge is 2.28. The summed E-state index contributed by atoms with van der Waals surface area (Å²) in [6.07, 6.45) is 1.86. The van der Waals surface area contributed by atoms with Gasteiger partial charge in [-0.2, -0.15) is 0 Å². The molecule has 4 N–H and O–H groups in total. The number of ether oxygens (including phenoxy) is 1. The number of hydrogen-bond donors (Lipinski definition) is 4. The fraction of sp³-hybridized carbons (Fsp3) is 0.296. The van der Waals surface area contributed by atoms with E-state index < -0.39 is 41.2 Å². The number of benzene rings is 2. The highest BCUT2D eigenvalue weighted by Crippen LogP contribution is 2.36. The van der Waals surface area contributed by atoms with Crippen LogP contribution in [-0.2, 0) is 16.6 Å². The maximum atomic E-state index is 15.3. The number of nitrogens with zero attached hydrogens (tertiary/aromatic N) is 3. The summed E-state index contributed by atoms with van der Waals surface area (Å²) in [5.74, 6) is -3.48. The van der Waals surface area contributed by atoms with Gasteiger partial charge in [0.1, 0.15) is 33.6 Å². The normalized spacial score (nSPS) is 17.2. The quantitative estimate of drug-likeness (QED) is 0.257. The Morgan fingerprint density at radius 3 is 2.76 bits per heavy atom. The third-order valence-corrected chi connectivity index (χ3v) is 7.25. The van der Waals surface area contributed by atoms with Crippen molar-refractivity contribution >= 4 is 51.9 Å². The van der Waals surface area contributed by atoms with Crippen LogP contribution >= 0.6 is 11.6 Å². The fourth-order valence-corrected chi connectivity index (χ4v) is 5.02. The molecule has 0 saturated carbocycles. The lowest BCUT2D eigenvalue weighted by Gasteiger charge is -2.20. The van der Waals surface area contributed by atoms with Crippen molar-refractivity contribution in [2.75, 3.05) is 17.7 Å². The predicted octanol–water partition coefficient (Wildman–Crippen LogP) is 5.30. The first-order chi connectivity index (χ1) is 19.6. The molecule has 4 aromatic rings. The number of fused-ring (bicyclic) bond motifs is 5. The van der Waals surface area contributed by atoms with E-state index in [0.29, 0.717) is 36.2 Å². The van der Waals surface area contributed by atoms with Gasteiger partial charge in [0.15, 0.2) is 5.82 Å². The minimum absolute atomic E-state index is 0.00364. The van der Waals surface area contributed by atoms with Crippen LogP contribution in [0.5, 0.6) is 0 Å². The SMILES string of the molecule is COC(=O)Nc1ccc2c(c1)NC(=O)C(C)CCC[C@H](NC(=O)c1c(F)cc3ncn(C)c3c1F)c1nc-2c(Cl)[nH]1. The molecule has 1 unspecified atom stereocenters. The molecule has 2 aromatic carbocycles. The smallest absolute Gasteiger partial charge is 0.411 e. The molecule has 2 aromatic heterocycles. The van der Waals surface area contributed by atoms with Gasteiger partial charge in [-0.1, -0.05) is 24.9 Å². The van der Waals surface area contributed by atoms with Crippen molar-refractivity contribution in [3.8, 4) is 11.3 Å². The van der Waals surface area contributed by atoms with E-state index in [1.807, 2.05) is 0 Å². The number of nitrogens with one attached hydrogen (secondary N) is 4. The number of aromatic nitrogens is 4. The molecule has 14 heteroatoms. The van der Waals surface area contributed by atoms with E-state index in [9.17, 15) is 18.8 Å². The summed E-state index contributed by atoms with van der Waals surface area (Å²) in [5, 5.41) is 8.23. The summed E-state index contributed by atoms with van der Waals surface area (Å²) in [5.41, 5.74) is 0.751. The number of halogens is 3. The largest absolute Gasteiger partial charge is 0.453 e. The van der Waals surface area contributed by atoms with E-state index in [1.54, 1.807) is 32.2 Å². The van der Waals surface area contributed by atoms with Gasteiger partial charge in [0, 0.05) is 30.3 Å². The van der Waals surface area contributed by atoms with Crippen LogP contribution < -0.4 is 16.0 Å². The van der Waals surface area contributed by atoms with Crippen LogP contribution in [0.15, 0.2) is 30.6 Å². The maximum Gasteiger partial charge on any atom is 0.411 e. The Balaban J connectivity index is 1.53. The number of aryl methyl sites for hydroxylation is 1. The molecular formula is C27H26ClF2N7O4. The molecule has 41 heavy (non-hydrogen) atoms. The van der Waals surface area contributed by atoms with E-state index in [-0.39, 0.29) is 33.6 Å². The molecule has 1 aliphatic heterocycles. The van der Waals surface area contributed by atoms with Gasteiger partial charge in [-0.15, -0.1) is 0 Å². The molecule has 0 aliphatic carbocycles. The van der Waals surface area contributed by atoms with Crippen LogP contribution in [0.1, 0.15) is 48.4 Å². The van der Waals surface area contributed by atoms with Crippen molar-refractivity contribution in [2.45, 2.75) is 32.2 Å². The maximum absolute atomic E-state index is 15.3. The Bertz CT molecular complexity index is 1690. The summed E-state index contributed by atoms with van der Waals surface area (Å²) in [7, 11) is 2.77. The molecule has 3 heterocycles. The molecule has 11 nitrogen and oxygen atoms in total. The van der Waals surface area contributed by atoms with Crippen molar-refractivity contribution in [1.82, 2.24) is 24.8 Å². The number of imidazole rings is 2. The number of methoxy groups -OCH3 is 1. The number of rotatable bonds is 3.